The summed E-state index contributed by atoms with van der Waals surface area (Å²) in [4.78, 5) is 12.0. The van der Waals surface area contributed by atoms with Gasteiger partial charge in [-0.2, -0.15) is 5.10 Å². The molecule has 0 spiro atoms. The Balaban J connectivity index is 1.54. The van der Waals surface area contributed by atoms with E-state index in [0.717, 1.165) is 21.3 Å². The molecule has 0 aliphatic heterocycles. The Morgan fingerprint density at radius 2 is 1.96 bits per heavy atom. The SMILES string of the molecule is O=C(N/N=C/c1ccoc1)c1ccc(COc2ccccc2Br)cc1. The predicted molar refractivity (Wildman–Crippen MR) is 98.7 cm³/mol. The number of hydrogen-bond acceptors (Lipinski definition) is 4. The number of rotatable bonds is 6. The maximum Gasteiger partial charge on any atom is 0.271 e. The summed E-state index contributed by atoms with van der Waals surface area (Å²) in [5.74, 6) is 0.496. The molecule has 1 N–H and O–H groups in total. The minimum atomic E-state index is -0.280. The number of nitrogens with zero attached hydrogens (tertiary/aromatic N) is 1. The van der Waals surface area contributed by atoms with Gasteiger partial charge in [0.2, 0.25) is 0 Å². The lowest BCUT2D eigenvalue weighted by atomic mass is 10.1. The van der Waals surface area contributed by atoms with Gasteiger partial charge in [-0.25, -0.2) is 5.43 Å². The second-order valence-electron chi connectivity index (χ2n) is 5.17. The molecule has 2 aromatic carbocycles. The summed E-state index contributed by atoms with van der Waals surface area (Å²) in [6.07, 6.45) is 4.59. The number of ether oxygens (including phenoxy) is 1. The van der Waals surface area contributed by atoms with Crippen LogP contribution in [-0.4, -0.2) is 12.1 Å². The quantitative estimate of drug-likeness (QED) is 0.494. The molecular formula is C19H15BrN2O3. The van der Waals surface area contributed by atoms with E-state index < -0.39 is 0 Å². The second-order valence-corrected chi connectivity index (χ2v) is 6.03. The van der Waals surface area contributed by atoms with Crippen LogP contribution in [0.1, 0.15) is 21.5 Å². The Bertz CT molecular complexity index is 859. The summed E-state index contributed by atoms with van der Waals surface area (Å²) in [5, 5.41) is 3.88. The smallest absolute Gasteiger partial charge is 0.271 e. The highest BCUT2D eigenvalue weighted by Gasteiger charge is 2.05. The third-order valence-corrected chi connectivity index (χ3v) is 4.03. The van der Waals surface area contributed by atoms with Gasteiger partial charge in [-0.15, -0.1) is 0 Å². The summed E-state index contributed by atoms with van der Waals surface area (Å²) >= 11 is 3.44. The Labute approximate surface area is 153 Å². The average molecular weight is 399 g/mol. The van der Waals surface area contributed by atoms with Crippen LogP contribution in [-0.2, 0) is 6.61 Å². The van der Waals surface area contributed by atoms with Gasteiger partial charge in [0.15, 0.2) is 0 Å². The van der Waals surface area contributed by atoms with Crippen molar-refractivity contribution in [3.05, 3.63) is 88.3 Å². The fourth-order valence-electron chi connectivity index (χ4n) is 2.05. The number of hydrazone groups is 1. The van der Waals surface area contributed by atoms with E-state index in [1.54, 1.807) is 18.2 Å². The molecule has 0 saturated heterocycles. The minimum Gasteiger partial charge on any atom is -0.488 e. The topological polar surface area (TPSA) is 63.8 Å². The van der Waals surface area contributed by atoms with Crippen molar-refractivity contribution in [1.29, 1.82) is 0 Å². The van der Waals surface area contributed by atoms with Crippen molar-refractivity contribution in [1.82, 2.24) is 5.43 Å². The Morgan fingerprint density at radius 1 is 1.16 bits per heavy atom. The Kier molecular flexibility index (Phi) is 5.64. The molecular weight excluding hydrogens is 384 g/mol. The molecule has 1 amide bonds. The number of nitrogens with one attached hydrogen (secondary N) is 1. The molecule has 0 atom stereocenters. The first-order chi connectivity index (χ1) is 12.2. The number of amides is 1. The number of carbonyl (C=O) groups is 1. The third-order valence-electron chi connectivity index (χ3n) is 3.37. The number of furan rings is 1. The van der Waals surface area contributed by atoms with Crippen LogP contribution in [0.4, 0.5) is 0 Å². The first kappa shape index (κ1) is 17.0. The van der Waals surface area contributed by atoms with E-state index in [9.17, 15) is 4.79 Å². The zero-order valence-corrected chi connectivity index (χ0v) is 14.8. The van der Waals surface area contributed by atoms with Crippen LogP contribution < -0.4 is 10.2 Å². The van der Waals surface area contributed by atoms with Crippen molar-refractivity contribution >= 4 is 28.1 Å². The van der Waals surface area contributed by atoms with Gasteiger partial charge in [0.05, 0.1) is 23.2 Å². The van der Waals surface area contributed by atoms with E-state index in [1.165, 1.54) is 18.7 Å². The third kappa shape index (κ3) is 4.81. The van der Waals surface area contributed by atoms with Gasteiger partial charge in [0, 0.05) is 11.1 Å². The van der Waals surface area contributed by atoms with Crippen LogP contribution in [0.3, 0.4) is 0 Å². The lowest BCUT2D eigenvalue weighted by molar-refractivity contribution is 0.0955. The van der Waals surface area contributed by atoms with E-state index in [2.05, 4.69) is 26.5 Å². The van der Waals surface area contributed by atoms with Gasteiger partial charge in [-0.05, 0) is 51.8 Å². The highest BCUT2D eigenvalue weighted by Crippen LogP contribution is 2.24. The van der Waals surface area contributed by atoms with Crippen molar-refractivity contribution in [2.75, 3.05) is 0 Å². The lowest BCUT2D eigenvalue weighted by Gasteiger charge is -2.08. The van der Waals surface area contributed by atoms with Gasteiger partial charge in [0.25, 0.3) is 5.91 Å². The van der Waals surface area contributed by atoms with Crippen LogP contribution in [0.25, 0.3) is 0 Å². The van der Waals surface area contributed by atoms with Gasteiger partial charge in [0.1, 0.15) is 12.4 Å². The first-order valence-corrected chi connectivity index (χ1v) is 8.33. The zero-order valence-electron chi connectivity index (χ0n) is 13.2. The standard InChI is InChI=1S/C19H15BrN2O3/c20-17-3-1-2-4-18(17)25-13-14-5-7-16(8-6-14)19(23)22-21-11-15-9-10-24-12-15/h1-12H,13H2,(H,22,23)/b21-11+. The summed E-state index contributed by atoms with van der Waals surface area (Å²) in [5.41, 5.74) is 4.74. The molecule has 0 radical (unpaired) electrons. The molecule has 5 nitrogen and oxygen atoms in total. The Hall–Kier alpha value is -2.86. The molecule has 3 rings (SSSR count). The maximum absolute atomic E-state index is 12.0. The van der Waals surface area contributed by atoms with Crippen molar-refractivity contribution in [2.24, 2.45) is 5.10 Å². The van der Waals surface area contributed by atoms with Crippen LogP contribution >= 0.6 is 15.9 Å². The van der Waals surface area contributed by atoms with E-state index in [4.69, 9.17) is 9.15 Å². The van der Waals surface area contributed by atoms with Crippen LogP contribution in [0.5, 0.6) is 5.75 Å². The number of halogens is 1. The lowest BCUT2D eigenvalue weighted by Crippen LogP contribution is -2.17. The minimum absolute atomic E-state index is 0.280. The van der Waals surface area contributed by atoms with Gasteiger partial charge < -0.3 is 9.15 Å². The largest absolute Gasteiger partial charge is 0.488 e. The van der Waals surface area contributed by atoms with E-state index in [1.807, 2.05) is 36.4 Å². The van der Waals surface area contributed by atoms with Crippen molar-refractivity contribution in [3.8, 4) is 5.75 Å². The van der Waals surface area contributed by atoms with Crippen LogP contribution in [0.2, 0.25) is 0 Å². The van der Waals surface area contributed by atoms with Gasteiger partial charge in [-0.1, -0.05) is 24.3 Å². The molecule has 0 aliphatic carbocycles. The number of para-hydroxylation sites is 1. The molecule has 0 fully saturated rings. The first-order valence-electron chi connectivity index (χ1n) is 7.54. The molecule has 1 aromatic heterocycles. The van der Waals surface area contributed by atoms with E-state index >= 15 is 0 Å². The van der Waals surface area contributed by atoms with Crippen LogP contribution in [0, 0.1) is 0 Å². The van der Waals surface area contributed by atoms with E-state index in [0.29, 0.717) is 12.2 Å². The van der Waals surface area contributed by atoms with Gasteiger partial charge >= 0.3 is 0 Å². The second kappa shape index (κ2) is 8.30. The summed E-state index contributed by atoms with van der Waals surface area (Å²) in [7, 11) is 0. The average Bonchev–Trinajstić information content (AvgIpc) is 3.15. The summed E-state index contributed by atoms with van der Waals surface area (Å²) in [6, 6.07) is 16.6. The number of hydrogen-bond donors (Lipinski definition) is 1. The molecule has 3 aromatic rings. The Morgan fingerprint density at radius 3 is 2.68 bits per heavy atom. The molecule has 0 saturated carbocycles. The number of carbonyl (C=O) groups excluding carboxylic acids is 1. The monoisotopic (exact) mass is 398 g/mol. The van der Waals surface area contributed by atoms with Crippen molar-refractivity contribution in [2.45, 2.75) is 6.61 Å². The fraction of sp³-hybridized carbons (Fsp3) is 0.0526. The van der Waals surface area contributed by atoms with Gasteiger partial charge in [-0.3, -0.25) is 4.79 Å². The molecule has 25 heavy (non-hydrogen) atoms. The highest BCUT2D eigenvalue weighted by atomic mass is 79.9. The molecule has 6 heteroatoms. The van der Waals surface area contributed by atoms with Crippen molar-refractivity contribution in [3.63, 3.8) is 0 Å². The zero-order chi connectivity index (χ0) is 17.5. The fourth-order valence-corrected chi connectivity index (χ4v) is 2.45. The number of benzene rings is 2. The highest BCUT2D eigenvalue weighted by molar-refractivity contribution is 9.10. The summed E-state index contributed by atoms with van der Waals surface area (Å²) < 4.78 is 11.6. The van der Waals surface area contributed by atoms with Crippen LogP contribution in [0.15, 0.2) is 81.1 Å². The predicted octanol–water partition coefficient (Wildman–Crippen LogP) is 4.39. The summed E-state index contributed by atoms with van der Waals surface area (Å²) in [6.45, 7) is 0.420. The molecule has 0 bridgehead atoms. The maximum atomic E-state index is 12.0. The molecule has 126 valence electrons. The molecule has 0 aliphatic rings. The molecule has 0 unspecified atom stereocenters. The van der Waals surface area contributed by atoms with Crippen molar-refractivity contribution < 1.29 is 13.9 Å². The molecule has 1 heterocycles. The van der Waals surface area contributed by atoms with E-state index in [-0.39, 0.29) is 5.91 Å². The normalized spacial score (nSPS) is 10.8.